The van der Waals surface area contributed by atoms with Gasteiger partial charge in [-0.15, -0.1) is 0 Å². The number of hydrogen-bond acceptors (Lipinski definition) is 6. The highest BCUT2D eigenvalue weighted by molar-refractivity contribution is 5.92. The van der Waals surface area contributed by atoms with Crippen molar-refractivity contribution in [3.63, 3.8) is 0 Å². The minimum Gasteiger partial charge on any atom is -0.378 e. The third-order valence-electron chi connectivity index (χ3n) is 3.48. The Morgan fingerprint density at radius 2 is 2.23 bits per heavy atom. The maximum Gasteiger partial charge on any atom is 0.273 e. The van der Waals surface area contributed by atoms with Gasteiger partial charge in [-0.3, -0.25) is 4.79 Å². The maximum atomic E-state index is 12.0. The highest BCUT2D eigenvalue weighted by Gasteiger charge is 2.17. The Bertz CT molecular complexity index is 650. The number of pyridine rings is 1. The van der Waals surface area contributed by atoms with Gasteiger partial charge in [0.2, 0.25) is 0 Å². The summed E-state index contributed by atoms with van der Waals surface area (Å²) in [5.74, 6) is 1.25. The molecule has 1 N–H and O–H groups in total. The molecule has 0 spiro atoms. The van der Waals surface area contributed by atoms with Crippen LogP contribution in [-0.2, 0) is 11.3 Å². The van der Waals surface area contributed by atoms with Gasteiger partial charge in [0.25, 0.3) is 5.91 Å². The molecule has 1 aliphatic heterocycles. The summed E-state index contributed by atoms with van der Waals surface area (Å²) in [5.41, 5.74) is 1.26. The van der Waals surface area contributed by atoms with Gasteiger partial charge in [0.15, 0.2) is 5.69 Å². The third-order valence-corrected chi connectivity index (χ3v) is 3.48. The van der Waals surface area contributed by atoms with Gasteiger partial charge in [0.05, 0.1) is 13.2 Å². The molecule has 0 saturated carbocycles. The average Bonchev–Trinajstić information content (AvgIpc) is 3.00. The number of nitrogens with zero attached hydrogens (tertiary/aromatic N) is 3. The van der Waals surface area contributed by atoms with Crippen LogP contribution >= 0.6 is 0 Å². The fraction of sp³-hybridized carbons (Fsp3) is 0.400. The number of nitrogens with one attached hydrogen (secondary N) is 1. The highest BCUT2D eigenvalue weighted by Crippen LogP contribution is 2.18. The van der Waals surface area contributed by atoms with Gasteiger partial charge in [-0.05, 0) is 13.0 Å². The molecule has 0 aliphatic carbocycles. The van der Waals surface area contributed by atoms with E-state index in [1.807, 2.05) is 12.1 Å². The smallest absolute Gasteiger partial charge is 0.273 e. The predicted molar refractivity (Wildman–Crippen MR) is 79.7 cm³/mol. The van der Waals surface area contributed by atoms with E-state index in [4.69, 9.17) is 9.26 Å². The van der Waals surface area contributed by atoms with Gasteiger partial charge in [0, 0.05) is 37.5 Å². The van der Waals surface area contributed by atoms with E-state index in [9.17, 15) is 4.79 Å². The van der Waals surface area contributed by atoms with E-state index >= 15 is 0 Å². The number of morpholine rings is 1. The highest BCUT2D eigenvalue weighted by atomic mass is 16.5. The Morgan fingerprint density at radius 3 is 2.95 bits per heavy atom. The Labute approximate surface area is 128 Å². The number of carbonyl (C=O) groups excluding carboxylic acids is 1. The molecule has 3 rings (SSSR count). The molecule has 116 valence electrons. The van der Waals surface area contributed by atoms with Crippen molar-refractivity contribution in [2.45, 2.75) is 13.5 Å². The molecule has 0 aromatic carbocycles. The largest absolute Gasteiger partial charge is 0.378 e. The number of aryl methyl sites for hydroxylation is 1. The molecule has 3 heterocycles. The predicted octanol–water partition coefficient (Wildman–Crippen LogP) is 1.14. The zero-order valence-electron chi connectivity index (χ0n) is 12.4. The van der Waals surface area contributed by atoms with Crippen molar-refractivity contribution in [1.29, 1.82) is 0 Å². The minimum atomic E-state index is -0.256. The summed E-state index contributed by atoms with van der Waals surface area (Å²) >= 11 is 0. The van der Waals surface area contributed by atoms with Crippen molar-refractivity contribution in [2.75, 3.05) is 31.2 Å². The first-order valence-corrected chi connectivity index (χ1v) is 7.22. The van der Waals surface area contributed by atoms with Crippen molar-refractivity contribution in [1.82, 2.24) is 15.5 Å². The van der Waals surface area contributed by atoms with Crippen LogP contribution in [0.15, 0.2) is 28.9 Å². The van der Waals surface area contributed by atoms with Gasteiger partial charge >= 0.3 is 0 Å². The molecule has 1 fully saturated rings. The first-order valence-electron chi connectivity index (χ1n) is 7.22. The molecule has 0 radical (unpaired) electrons. The molecule has 0 unspecified atom stereocenters. The monoisotopic (exact) mass is 302 g/mol. The number of anilines is 1. The van der Waals surface area contributed by atoms with Crippen LogP contribution in [0.25, 0.3) is 0 Å². The molecule has 7 heteroatoms. The summed E-state index contributed by atoms with van der Waals surface area (Å²) in [4.78, 5) is 18.6. The SMILES string of the molecule is Cc1cc(C(=O)NCc2cccnc2N2CCOCC2)no1. The second kappa shape index (κ2) is 6.57. The number of amides is 1. The van der Waals surface area contributed by atoms with Crippen LogP contribution < -0.4 is 10.2 Å². The molecule has 2 aromatic heterocycles. The average molecular weight is 302 g/mol. The van der Waals surface area contributed by atoms with E-state index in [1.54, 1.807) is 19.2 Å². The van der Waals surface area contributed by atoms with Crippen LogP contribution in [0.5, 0.6) is 0 Å². The van der Waals surface area contributed by atoms with Crippen LogP contribution in [0.2, 0.25) is 0 Å². The Balaban J connectivity index is 1.68. The molecule has 0 bridgehead atoms. The topological polar surface area (TPSA) is 80.5 Å². The molecule has 0 atom stereocenters. The van der Waals surface area contributed by atoms with E-state index in [2.05, 4.69) is 20.4 Å². The normalized spacial score (nSPS) is 14.9. The summed E-state index contributed by atoms with van der Waals surface area (Å²) in [7, 11) is 0. The summed E-state index contributed by atoms with van der Waals surface area (Å²) in [5, 5.41) is 6.56. The molecule has 1 saturated heterocycles. The second-order valence-electron chi connectivity index (χ2n) is 5.09. The van der Waals surface area contributed by atoms with Crippen LogP contribution in [0, 0.1) is 6.92 Å². The molecule has 7 nitrogen and oxygen atoms in total. The van der Waals surface area contributed by atoms with Crippen molar-refractivity contribution in [2.24, 2.45) is 0 Å². The van der Waals surface area contributed by atoms with Crippen LogP contribution in [0.1, 0.15) is 21.8 Å². The third kappa shape index (κ3) is 3.25. The summed E-state index contributed by atoms with van der Waals surface area (Å²) in [6, 6.07) is 5.44. The first kappa shape index (κ1) is 14.5. The van der Waals surface area contributed by atoms with E-state index in [1.165, 1.54) is 0 Å². The van der Waals surface area contributed by atoms with E-state index in [-0.39, 0.29) is 11.6 Å². The van der Waals surface area contributed by atoms with E-state index < -0.39 is 0 Å². The molecule has 1 aliphatic rings. The molecule has 2 aromatic rings. The lowest BCUT2D eigenvalue weighted by atomic mass is 10.2. The van der Waals surface area contributed by atoms with E-state index in [0.717, 1.165) is 24.5 Å². The summed E-state index contributed by atoms with van der Waals surface area (Å²) in [6.45, 7) is 5.15. The Hall–Kier alpha value is -2.41. The Morgan fingerprint density at radius 1 is 1.41 bits per heavy atom. The molecule has 22 heavy (non-hydrogen) atoms. The molecule has 1 amide bonds. The first-order chi connectivity index (χ1) is 10.7. The fourth-order valence-electron chi connectivity index (χ4n) is 2.37. The summed E-state index contributed by atoms with van der Waals surface area (Å²) in [6.07, 6.45) is 1.76. The van der Waals surface area contributed by atoms with Gasteiger partial charge < -0.3 is 19.5 Å². The lowest BCUT2D eigenvalue weighted by molar-refractivity contribution is 0.0941. The van der Waals surface area contributed by atoms with Crippen molar-refractivity contribution < 1.29 is 14.1 Å². The molecular weight excluding hydrogens is 284 g/mol. The number of aromatic nitrogens is 2. The zero-order valence-corrected chi connectivity index (χ0v) is 12.4. The second-order valence-corrected chi connectivity index (χ2v) is 5.09. The van der Waals surface area contributed by atoms with Crippen molar-refractivity contribution in [3.8, 4) is 0 Å². The van der Waals surface area contributed by atoms with Gasteiger partial charge in [-0.1, -0.05) is 11.2 Å². The maximum absolute atomic E-state index is 12.0. The fourth-order valence-corrected chi connectivity index (χ4v) is 2.37. The van der Waals surface area contributed by atoms with Gasteiger partial charge in [0.1, 0.15) is 11.6 Å². The van der Waals surface area contributed by atoms with E-state index in [0.29, 0.717) is 25.5 Å². The van der Waals surface area contributed by atoms with Crippen molar-refractivity contribution >= 4 is 11.7 Å². The number of ether oxygens (including phenoxy) is 1. The van der Waals surface area contributed by atoms with Crippen LogP contribution in [-0.4, -0.2) is 42.4 Å². The lowest BCUT2D eigenvalue weighted by Gasteiger charge is -2.29. The van der Waals surface area contributed by atoms with Gasteiger partial charge in [-0.2, -0.15) is 0 Å². The van der Waals surface area contributed by atoms with Crippen LogP contribution in [0.4, 0.5) is 5.82 Å². The quantitative estimate of drug-likeness (QED) is 0.912. The minimum absolute atomic E-state index is 0.256. The summed E-state index contributed by atoms with van der Waals surface area (Å²) < 4.78 is 10.3. The lowest BCUT2D eigenvalue weighted by Crippen LogP contribution is -2.37. The van der Waals surface area contributed by atoms with Gasteiger partial charge in [-0.25, -0.2) is 4.98 Å². The number of hydrogen-bond donors (Lipinski definition) is 1. The van der Waals surface area contributed by atoms with Crippen molar-refractivity contribution in [3.05, 3.63) is 41.4 Å². The Kier molecular flexibility index (Phi) is 4.34. The molecular formula is C15H18N4O3. The zero-order chi connectivity index (χ0) is 15.4. The standard InChI is InChI=1S/C15H18N4O3/c1-11-9-13(18-22-11)15(20)17-10-12-3-2-4-16-14(12)19-5-7-21-8-6-19/h2-4,9H,5-8,10H2,1H3,(H,17,20). The number of carbonyl (C=O) groups is 1. The van der Waals surface area contributed by atoms with Crippen LogP contribution in [0.3, 0.4) is 0 Å². The number of rotatable bonds is 4.